The number of hydrogen-bond acceptors (Lipinski definition) is 6. The third kappa shape index (κ3) is 3.89. The van der Waals surface area contributed by atoms with Crippen LogP contribution in [0, 0.1) is 0 Å². The lowest BCUT2D eigenvalue weighted by atomic mass is 9.95. The summed E-state index contributed by atoms with van der Waals surface area (Å²) in [6, 6.07) is 11.5. The normalized spacial score (nSPS) is 15.4. The highest BCUT2D eigenvalue weighted by atomic mass is 16.5. The van der Waals surface area contributed by atoms with E-state index >= 15 is 0 Å². The Morgan fingerprint density at radius 1 is 1.16 bits per heavy atom. The van der Waals surface area contributed by atoms with Gasteiger partial charge in [0.2, 0.25) is 0 Å². The highest BCUT2D eigenvalue weighted by Gasteiger charge is 2.42. The molecule has 1 amide bonds. The Kier molecular flexibility index (Phi) is 6.05. The molecule has 1 aromatic heterocycles. The summed E-state index contributed by atoms with van der Waals surface area (Å²) in [4.78, 5) is 15.1. The van der Waals surface area contributed by atoms with Crippen LogP contribution in [-0.2, 0) is 4.74 Å². The van der Waals surface area contributed by atoms with Crippen molar-refractivity contribution < 1.29 is 24.5 Å². The van der Waals surface area contributed by atoms with Crippen molar-refractivity contribution in [2.75, 3.05) is 20.3 Å². The van der Waals surface area contributed by atoms with E-state index in [1.54, 1.807) is 41.3 Å². The Balaban J connectivity index is 1.78. The zero-order valence-corrected chi connectivity index (χ0v) is 18.3. The molecule has 8 heteroatoms. The summed E-state index contributed by atoms with van der Waals surface area (Å²) in [6.07, 6.45) is 0.783. The number of phenols is 2. The monoisotopic (exact) mass is 437 g/mol. The van der Waals surface area contributed by atoms with Gasteiger partial charge in [-0.3, -0.25) is 9.89 Å². The van der Waals surface area contributed by atoms with E-state index in [0.29, 0.717) is 47.8 Å². The van der Waals surface area contributed by atoms with E-state index in [4.69, 9.17) is 9.47 Å². The predicted octanol–water partition coefficient (Wildman–Crippen LogP) is 3.86. The first-order chi connectivity index (χ1) is 15.4. The number of fused-ring (bicyclic) bond motifs is 1. The number of phenolic OH excluding ortho intramolecular Hbond substituents is 2. The quantitative estimate of drug-likeness (QED) is 0.462. The molecule has 0 radical (unpaired) electrons. The summed E-state index contributed by atoms with van der Waals surface area (Å²) in [6.45, 7) is 4.96. The van der Waals surface area contributed by atoms with Crippen molar-refractivity contribution in [2.45, 2.75) is 32.4 Å². The van der Waals surface area contributed by atoms with Crippen LogP contribution in [0.15, 0.2) is 42.5 Å². The summed E-state index contributed by atoms with van der Waals surface area (Å²) < 4.78 is 11.0. The number of para-hydroxylation sites is 1. The van der Waals surface area contributed by atoms with Crippen LogP contribution >= 0.6 is 0 Å². The number of nitrogens with one attached hydrogen (secondary N) is 1. The van der Waals surface area contributed by atoms with Crippen molar-refractivity contribution in [3.8, 4) is 28.5 Å². The number of benzene rings is 2. The number of carbonyl (C=O) groups is 1. The lowest BCUT2D eigenvalue weighted by molar-refractivity contribution is 0.0601. The van der Waals surface area contributed by atoms with Gasteiger partial charge in [0.15, 0.2) is 11.5 Å². The van der Waals surface area contributed by atoms with Gasteiger partial charge in [-0.25, -0.2) is 0 Å². The van der Waals surface area contributed by atoms with Crippen molar-refractivity contribution in [2.24, 2.45) is 0 Å². The molecule has 2 aromatic carbocycles. The first-order valence-corrected chi connectivity index (χ1v) is 10.6. The maximum absolute atomic E-state index is 13.3. The molecule has 0 unspecified atom stereocenters. The second-order valence-corrected chi connectivity index (χ2v) is 7.98. The minimum absolute atomic E-state index is 0.0193. The van der Waals surface area contributed by atoms with Crippen molar-refractivity contribution in [1.29, 1.82) is 0 Å². The van der Waals surface area contributed by atoms with Crippen LogP contribution in [-0.4, -0.2) is 57.6 Å². The Hall–Kier alpha value is -3.52. The standard InChI is InChI=1S/C24H27N3O5/c1-14(2)32-12-6-11-27-23(15-9-10-18(29)19(13-15)31-3)20-21(25-26-22(20)24(27)30)16-7-4-5-8-17(16)28/h4-5,7-10,13-14,23,28-29H,6,11-12H2,1-3H3,(H,25,26)/t23-/m0/s1. The fourth-order valence-corrected chi connectivity index (χ4v) is 4.07. The molecule has 0 spiro atoms. The first kappa shape index (κ1) is 21.7. The molecule has 3 aromatic rings. The molecule has 0 bridgehead atoms. The number of aromatic hydroxyl groups is 2. The van der Waals surface area contributed by atoms with Gasteiger partial charge in [0.05, 0.1) is 19.3 Å². The zero-order valence-electron chi connectivity index (χ0n) is 18.3. The van der Waals surface area contributed by atoms with Gasteiger partial charge in [0, 0.05) is 24.3 Å². The minimum Gasteiger partial charge on any atom is -0.507 e. The number of methoxy groups -OCH3 is 1. The smallest absolute Gasteiger partial charge is 0.273 e. The average Bonchev–Trinajstić information content (AvgIpc) is 3.31. The minimum atomic E-state index is -0.459. The molecule has 0 aliphatic carbocycles. The fraction of sp³-hybridized carbons (Fsp3) is 0.333. The van der Waals surface area contributed by atoms with E-state index in [2.05, 4.69) is 10.2 Å². The number of carbonyl (C=O) groups excluding carboxylic acids is 1. The van der Waals surface area contributed by atoms with Gasteiger partial charge in [-0.15, -0.1) is 0 Å². The molecule has 2 heterocycles. The Labute approximate surface area is 186 Å². The number of hydrogen-bond donors (Lipinski definition) is 3. The molecule has 32 heavy (non-hydrogen) atoms. The third-order valence-electron chi connectivity index (χ3n) is 5.54. The van der Waals surface area contributed by atoms with Gasteiger partial charge in [-0.1, -0.05) is 18.2 Å². The summed E-state index contributed by atoms with van der Waals surface area (Å²) in [5.41, 5.74) is 2.91. The third-order valence-corrected chi connectivity index (χ3v) is 5.54. The molecule has 8 nitrogen and oxygen atoms in total. The van der Waals surface area contributed by atoms with Crippen molar-refractivity contribution in [3.63, 3.8) is 0 Å². The molecule has 0 saturated carbocycles. The van der Waals surface area contributed by atoms with Crippen LogP contribution < -0.4 is 4.74 Å². The lowest BCUT2D eigenvalue weighted by Gasteiger charge is -2.27. The van der Waals surface area contributed by atoms with Crippen LogP contribution in [0.2, 0.25) is 0 Å². The molecular weight excluding hydrogens is 410 g/mol. The number of nitrogens with zero attached hydrogens (tertiary/aromatic N) is 2. The molecule has 4 rings (SSSR count). The molecule has 1 atom stereocenters. The van der Waals surface area contributed by atoms with Crippen LogP contribution in [0.25, 0.3) is 11.3 Å². The van der Waals surface area contributed by atoms with E-state index in [-0.39, 0.29) is 23.5 Å². The molecule has 3 N–H and O–H groups in total. The number of ether oxygens (including phenoxy) is 2. The summed E-state index contributed by atoms with van der Waals surface area (Å²) in [5, 5.41) is 27.7. The van der Waals surface area contributed by atoms with Crippen molar-refractivity contribution >= 4 is 5.91 Å². The molecule has 1 aliphatic rings. The molecule has 0 saturated heterocycles. The predicted molar refractivity (Wildman–Crippen MR) is 119 cm³/mol. The number of aromatic amines is 1. The number of rotatable bonds is 8. The Bertz CT molecular complexity index is 1120. The maximum atomic E-state index is 13.3. The van der Waals surface area contributed by atoms with Crippen LogP contribution in [0.5, 0.6) is 17.2 Å². The summed E-state index contributed by atoms with van der Waals surface area (Å²) >= 11 is 0. The number of amides is 1. The second kappa shape index (κ2) is 8.92. The van der Waals surface area contributed by atoms with Crippen LogP contribution in [0.1, 0.15) is 47.9 Å². The van der Waals surface area contributed by atoms with Gasteiger partial charge in [0.1, 0.15) is 17.1 Å². The van der Waals surface area contributed by atoms with Gasteiger partial charge >= 0.3 is 0 Å². The maximum Gasteiger partial charge on any atom is 0.273 e. The lowest BCUT2D eigenvalue weighted by Crippen LogP contribution is -2.31. The Morgan fingerprint density at radius 3 is 2.66 bits per heavy atom. The summed E-state index contributed by atoms with van der Waals surface area (Å²) in [5.74, 6) is 0.251. The number of aromatic nitrogens is 2. The Morgan fingerprint density at radius 2 is 1.94 bits per heavy atom. The van der Waals surface area contributed by atoms with E-state index in [1.165, 1.54) is 7.11 Å². The second-order valence-electron chi connectivity index (χ2n) is 7.98. The van der Waals surface area contributed by atoms with Gasteiger partial charge < -0.3 is 24.6 Å². The van der Waals surface area contributed by atoms with E-state index in [0.717, 1.165) is 5.56 Å². The largest absolute Gasteiger partial charge is 0.507 e. The van der Waals surface area contributed by atoms with E-state index in [9.17, 15) is 15.0 Å². The molecule has 1 aliphatic heterocycles. The highest BCUT2D eigenvalue weighted by Crippen LogP contribution is 2.45. The van der Waals surface area contributed by atoms with Crippen LogP contribution in [0.4, 0.5) is 0 Å². The van der Waals surface area contributed by atoms with E-state index < -0.39 is 6.04 Å². The van der Waals surface area contributed by atoms with Gasteiger partial charge in [-0.2, -0.15) is 5.10 Å². The fourth-order valence-electron chi connectivity index (χ4n) is 4.07. The molecule has 168 valence electrons. The molecular formula is C24H27N3O5. The average molecular weight is 437 g/mol. The SMILES string of the molecule is COc1cc([C@H]2c3c(-c4ccccc4O)n[nH]c3C(=O)N2CCCOC(C)C)ccc1O. The van der Waals surface area contributed by atoms with Crippen molar-refractivity contribution in [1.82, 2.24) is 15.1 Å². The van der Waals surface area contributed by atoms with Crippen molar-refractivity contribution in [3.05, 3.63) is 59.3 Å². The summed E-state index contributed by atoms with van der Waals surface area (Å²) in [7, 11) is 1.48. The van der Waals surface area contributed by atoms with E-state index in [1.807, 2.05) is 19.9 Å². The van der Waals surface area contributed by atoms with Gasteiger partial charge in [0.25, 0.3) is 5.91 Å². The molecule has 0 fully saturated rings. The zero-order chi connectivity index (χ0) is 22.8. The topological polar surface area (TPSA) is 108 Å². The van der Waals surface area contributed by atoms with Crippen LogP contribution in [0.3, 0.4) is 0 Å². The van der Waals surface area contributed by atoms with Gasteiger partial charge in [-0.05, 0) is 50.1 Å². The number of H-pyrrole nitrogens is 1. The first-order valence-electron chi connectivity index (χ1n) is 10.6. The highest BCUT2D eigenvalue weighted by molar-refractivity contribution is 6.00.